The van der Waals surface area contributed by atoms with Gasteiger partial charge in [-0.25, -0.2) is 18.7 Å². The Morgan fingerprint density at radius 1 is 1.00 bits per heavy atom. The SMILES string of the molecule is COc1cc2c(Nc3ccc(N4CCN(C)CC4)c(F)c3)ncnc2cc1O[C@@H]1CO[C@@H]2[C@H]1OC[C@H]2F. The molecule has 0 bridgehead atoms. The van der Waals surface area contributed by atoms with Crippen molar-refractivity contribution in [3.05, 3.63) is 42.5 Å². The van der Waals surface area contributed by atoms with E-state index in [1.165, 1.54) is 19.5 Å². The summed E-state index contributed by atoms with van der Waals surface area (Å²) in [5.41, 5.74) is 1.77. The molecule has 0 radical (unpaired) electrons. The molecule has 1 N–H and O–H groups in total. The molecule has 3 fully saturated rings. The Morgan fingerprint density at radius 2 is 1.81 bits per heavy atom. The van der Waals surface area contributed by atoms with Gasteiger partial charge in [0, 0.05) is 43.3 Å². The number of hydrogen-bond donors (Lipinski definition) is 1. The van der Waals surface area contributed by atoms with Crippen LogP contribution in [0.5, 0.6) is 11.5 Å². The second-order valence-electron chi connectivity index (χ2n) is 9.59. The van der Waals surface area contributed by atoms with Gasteiger partial charge in [-0.05, 0) is 31.3 Å². The molecule has 11 heteroatoms. The zero-order valence-corrected chi connectivity index (χ0v) is 20.7. The van der Waals surface area contributed by atoms with Crippen LogP contribution >= 0.6 is 0 Å². The summed E-state index contributed by atoms with van der Waals surface area (Å²) < 4.78 is 51.8. The number of halogens is 2. The molecule has 2 aromatic carbocycles. The maximum atomic E-state index is 15.0. The number of nitrogens with zero attached hydrogens (tertiary/aromatic N) is 4. The molecule has 3 aliphatic heterocycles. The number of piperazine rings is 1. The number of benzene rings is 2. The molecule has 0 aliphatic carbocycles. The molecule has 0 amide bonds. The van der Waals surface area contributed by atoms with Gasteiger partial charge in [0.15, 0.2) is 23.8 Å². The summed E-state index contributed by atoms with van der Waals surface area (Å²) in [6.45, 7) is 3.61. The standard InChI is InChI=1S/C26H29F2N5O4/c1-32-5-7-33(8-6-32)20-4-3-15(9-17(20)27)31-26-16-10-21(34-2)22(11-19(16)29-14-30-26)37-23-13-36-24-18(28)12-35-25(23)24/h3-4,9-11,14,18,23-25H,5-8,12-13H2,1-2H3,(H,29,30,31)/t18-,23-,24+,25+/m1/s1. The first-order valence-corrected chi connectivity index (χ1v) is 12.4. The van der Waals surface area contributed by atoms with Crippen molar-refractivity contribution in [3.63, 3.8) is 0 Å². The summed E-state index contributed by atoms with van der Waals surface area (Å²) >= 11 is 0. The van der Waals surface area contributed by atoms with Gasteiger partial charge in [-0.1, -0.05) is 0 Å². The molecule has 3 saturated heterocycles. The van der Waals surface area contributed by atoms with Gasteiger partial charge in [0.1, 0.15) is 30.2 Å². The zero-order chi connectivity index (χ0) is 25.5. The first kappa shape index (κ1) is 24.1. The van der Waals surface area contributed by atoms with Crippen molar-refractivity contribution in [1.29, 1.82) is 0 Å². The van der Waals surface area contributed by atoms with E-state index in [0.29, 0.717) is 39.6 Å². The highest BCUT2D eigenvalue weighted by atomic mass is 19.1. The summed E-state index contributed by atoms with van der Waals surface area (Å²) in [6.07, 6.45) is -1.27. The summed E-state index contributed by atoms with van der Waals surface area (Å²) in [5.74, 6) is 1.12. The number of anilines is 3. The zero-order valence-electron chi connectivity index (χ0n) is 20.7. The van der Waals surface area contributed by atoms with Crippen molar-refractivity contribution in [2.45, 2.75) is 24.5 Å². The van der Waals surface area contributed by atoms with Crippen LogP contribution in [-0.4, -0.2) is 92.9 Å². The van der Waals surface area contributed by atoms with E-state index in [1.807, 2.05) is 6.07 Å². The van der Waals surface area contributed by atoms with Gasteiger partial charge in [0.2, 0.25) is 0 Å². The fourth-order valence-corrected chi connectivity index (χ4v) is 5.12. The van der Waals surface area contributed by atoms with Gasteiger partial charge in [-0.2, -0.15) is 0 Å². The van der Waals surface area contributed by atoms with Crippen molar-refractivity contribution in [3.8, 4) is 11.5 Å². The molecule has 0 unspecified atom stereocenters. The molecule has 196 valence electrons. The van der Waals surface area contributed by atoms with Crippen molar-refractivity contribution < 1.29 is 27.7 Å². The lowest BCUT2D eigenvalue weighted by molar-refractivity contribution is 0.0271. The van der Waals surface area contributed by atoms with Gasteiger partial charge >= 0.3 is 0 Å². The minimum Gasteiger partial charge on any atom is -0.493 e. The molecule has 9 nitrogen and oxygen atoms in total. The fraction of sp³-hybridized carbons (Fsp3) is 0.462. The lowest BCUT2D eigenvalue weighted by atomic mass is 10.1. The van der Waals surface area contributed by atoms with Crippen LogP contribution in [0.4, 0.5) is 26.0 Å². The monoisotopic (exact) mass is 513 g/mol. The summed E-state index contributed by atoms with van der Waals surface area (Å²) in [5, 5.41) is 3.89. The first-order valence-electron chi connectivity index (χ1n) is 12.4. The largest absolute Gasteiger partial charge is 0.493 e. The van der Waals surface area contributed by atoms with E-state index in [1.54, 1.807) is 18.2 Å². The van der Waals surface area contributed by atoms with Crippen LogP contribution < -0.4 is 19.7 Å². The molecular weight excluding hydrogens is 484 g/mol. The predicted molar refractivity (Wildman–Crippen MR) is 134 cm³/mol. The number of aromatic nitrogens is 2. The van der Waals surface area contributed by atoms with Crippen LogP contribution in [-0.2, 0) is 9.47 Å². The molecule has 0 saturated carbocycles. The van der Waals surface area contributed by atoms with Crippen molar-refractivity contribution in [1.82, 2.24) is 14.9 Å². The number of nitrogens with one attached hydrogen (secondary N) is 1. The van der Waals surface area contributed by atoms with Crippen LogP contribution in [0, 0.1) is 5.82 Å². The van der Waals surface area contributed by atoms with Crippen LogP contribution in [0.25, 0.3) is 10.9 Å². The highest BCUT2D eigenvalue weighted by molar-refractivity contribution is 5.93. The van der Waals surface area contributed by atoms with E-state index in [-0.39, 0.29) is 19.0 Å². The first-order chi connectivity index (χ1) is 18.0. The van der Waals surface area contributed by atoms with Crippen molar-refractivity contribution >= 4 is 28.1 Å². The van der Waals surface area contributed by atoms with Gasteiger partial charge in [0.25, 0.3) is 0 Å². The summed E-state index contributed by atoms with van der Waals surface area (Å²) in [7, 11) is 3.61. The van der Waals surface area contributed by atoms with Gasteiger partial charge in [-0.3, -0.25) is 0 Å². The Kier molecular flexibility index (Phi) is 6.43. The van der Waals surface area contributed by atoms with Crippen LogP contribution in [0.2, 0.25) is 0 Å². The average molecular weight is 514 g/mol. The van der Waals surface area contributed by atoms with Crippen LogP contribution in [0.3, 0.4) is 0 Å². The van der Waals surface area contributed by atoms with Gasteiger partial charge in [-0.15, -0.1) is 0 Å². The molecule has 37 heavy (non-hydrogen) atoms. The number of hydrogen-bond acceptors (Lipinski definition) is 9. The topological polar surface area (TPSA) is 81.2 Å². The predicted octanol–water partition coefficient (Wildman–Crippen LogP) is 3.16. The third-order valence-corrected chi connectivity index (χ3v) is 7.20. The number of methoxy groups -OCH3 is 1. The third kappa shape index (κ3) is 4.62. The minimum atomic E-state index is -1.15. The number of alkyl halides is 1. The third-order valence-electron chi connectivity index (χ3n) is 7.20. The quantitative estimate of drug-likeness (QED) is 0.535. The number of likely N-dealkylation sites (N-methyl/N-ethyl adjacent to an activating group) is 1. The van der Waals surface area contributed by atoms with Crippen LogP contribution in [0.1, 0.15) is 0 Å². The Balaban J connectivity index is 1.24. The number of ether oxygens (including phenoxy) is 4. The molecule has 3 aromatic rings. The number of fused-ring (bicyclic) bond motifs is 2. The molecule has 4 heterocycles. The van der Waals surface area contributed by atoms with E-state index < -0.39 is 24.5 Å². The van der Waals surface area contributed by atoms with E-state index in [2.05, 4.69) is 32.1 Å². The van der Waals surface area contributed by atoms with E-state index in [4.69, 9.17) is 18.9 Å². The normalized spacial score (nSPS) is 25.9. The minimum absolute atomic E-state index is 0.00323. The van der Waals surface area contributed by atoms with Gasteiger partial charge in [0.05, 0.1) is 31.5 Å². The smallest absolute Gasteiger partial charge is 0.164 e. The molecule has 6 rings (SSSR count). The van der Waals surface area contributed by atoms with Crippen molar-refractivity contribution in [2.24, 2.45) is 0 Å². The van der Waals surface area contributed by atoms with E-state index in [9.17, 15) is 4.39 Å². The summed E-state index contributed by atoms with van der Waals surface area (Å²) in [6, 6.07) is 8.63. The Labute approximate surface area is 213 Å². The molecular formula is C26H29F2N5O4. The Hall–Kier alpha value is -3.28. The fourth-order valence-electron chi connectivity index (χ4n) is 5.12. The van der Waals surface area contributed by atoms with Crippen molar-refractivity contribution in [2.75, 3.05) is 63.8 Å². The molecule has 0 spiro atoms. The van der Waals surface area contributed by atoms with Crippen LogP contribution in [0.15, 0.2) is 36.7 Å². The maximum absolute atomic E-state index is 15.0. The second-order valence-corrected chi connectivity index (χ2v) is 9.59. The highest BCUT2D eigenvalue weighted by Gasteiger charge is 2.49. The highest BCUT2D eigenvalue weighted by Crippen LogP contribution is 2.38. The number of rotatable bonds is 6. The second kappa shape index (κ2) is 9.88. The lowest BCUT2D eigenvalue weighted by Crippen LogP contribution is -2.44. The molecule has 4 atom stereocenters. The average Bonchev–Trinajstić information content (AvgIpc) is 3.47. The van der Waals surface area contributed by atoms with E-state index in [0.717, 1.165) is 26.2 Å². The Bertz CT molecular complexity index is 1290. The Morgan fingerprint density at radius 3 is 2.59 bits per heavy atom. The lowest BCUT2D eigenvalue weighted by Gasteiger charge is -2.34. The summed E-state index contributed by atoms with van der Waals surface area (Å²) in [4.78, 5) is 13.0. The van der Waals surface area contributed by atoms with E-state index >= 15 is 4.39 Å². The molecule has 3 aliphatic rings. The van der Waals surface area contributed by atoms with Gasteiger partial charge < -0.3 is 34.1 Å². The molecule has 1 aromatic heterocycles. The maximum Gasteiger partial charge on any atom is 0.164 e.